The van der Waals surface area contributed by atoms with Crippen LogP contribution in [0.3, 0.4) is 0 Å². The Bertz CT molecular complexity index is 761. The third-order valence-electron chi connectivity index (χ3n) is 4.67. The lowest BCUT2D eigenvalue weighted by Gasteiger charge is -2.36. The van der Waals surface area contributed by atoms with Crippen LogP contribution in [0.5, 0.6) is 0 Å². The van der Waals surface area contributed by atoms with E-state index in [1.807, 2.05) is 44.3 Å². The van der Waals surface area contributed by atoms with E-state index in [1.54, 1.807) is 6.92 Å². The van der Waals surface area contributed by atoms with E-state index in [-0.39, 0.29) is 10.4 Å². The fourth-order valence-corrected chi connectivity index (χ4v) is 3.09. The first-order valence-electron chi connectivity index (χ1n) is 8.28. The number of benzene rings is 1. The van der Waals surface area contributed by atoms with Gasteiger partial charge in [-0.15, -0.1) is 0 Å². The summed E-state index contributed by atoms with van der Waals surface area (Å²) in [5.41, 5.74) is 3.48. The lowest BCUT2D eigenvalue weighted by molar-refractivity contribution is -1.09. The quantitative estimate of drug-likeness (QED) is 0.696. The van der Waals surface area contributed by atoms with Gasteiger partial charge in [0.15, 0.2) is 5.78 Å². The van der Waals surface area contributed by atoms with Crippen molar-refractivity contribution in [3.63, 3.8) is 0 Å². The third kappa shape index (κ3) is 3.32. The number of hydroxylamine groups is 3. The highest BCUT2D eigenvalue weighted by molar-refractivity contribution is 6.00. The molecular weight excluding hydrogens is 302 g/mol. The average molecular weight is 326 g/mol. The Hall–Kier alpha value is -2.24. The summed E-state index contributed by atoms with van der Waals surface area (Å²) in [7, 11) is 1.83. The topological polar surface area (TPSA) is 53.4 Å². The van der Waals surface area contributed by atoms with Gasteiger partial charge < -0.3 is 4.90 Å². The summed E-state index contributed by atoms with van der Waals surface area (Å²) < 4.78 is 0.0579. The zero-order valence-electron chi connectivity index (χ0n) is 14.5. The standard InChI is InChI=1S/C19H24N3O2/c1-14-8-9-18(21-10-12-22(3,24)13-11-21)20-19(14)17-7-5-4-6-16(17)15(2)23/h4-9,24H,10-13H2,1-3H3/q+1. The molecule has 5 nitrogen and oxygen atoms in total. The molecule has 0 unspecified atom stereocenters. The number of pyridine rings is 1. The number of nitrogens with zero attached hydrogens (tertiary/aromatic N) is 3. The highest BCUT2D eigenvalue weighted by Gasteiger charge is 2.28. The van der Waals surface area contributed by atoms with E-state index >= 15 is 0 Å². The van der Waals surface area contributed by atoms with Crippen LogP contribution in [0.15, 0.2) is 36.4 Å². The van der Waals surface area contributed by atoms with Gasteiger partial charge in [0.2, 0.25) is 0 Å². The van der Waals surface area contributed by atoms with Crippen LogP contribution >= 0.6 is 0 Å². The molecule has 0 spiro atoms. The second-order valence-corrected chi connectivity index (χ2v) is 6.71. The lowest BCUT2D eigenvalue weighted by Crippen LogP contribution is -2.55. The lowest BCUT2D eigenvalue weighted by atomic mass is 9.98. The van der Waals surface area contributed by atoms with Crippen LogP contribution in [0.25, 0.3) is 11.3 Å². The highest BCUT2D eigenvalue weighted by Crippen LogP contribution is 2.28. The summed E-state index contributed by atoms with van der Waals surface area (Å²) in [5, 5.41) is 10.1. The summed E-state index contributed by atoms with van der Waals surface area (Å²) in [6, 6.07) is 11.7. The summed E-state index contributed by atoms with van der Waals surface area (Å²) in [4.78, 5) is 19.0. The van der Waals surface area contributed by atoms with Crippen molar-refractivity contribution in [2.45, 2.75) is 13.8 Å². The van der Waals surface area contributed by atoms with Gasteiger partial charge in [-0.2, -0.15) is 4.65 Å². The molecule has 1 fully saturated rings. The number of quaternary nitrogens is 1. The number of aromatic nitrogens is 1. The molecule has 0 bridgehead atoms. The largest absolute Gasteiger partial charge is 0.345 e. The minimum absolute atomic E-state index is 0.0449. The Morgan fingerprint density at radius 2 is 1.83 bits per heavy atom. The SMILES string of the molecule is CC(=O)c1ccccc1-c1nc(N2CC[N+](C)(O)CC2)ccc1C. The Morgan fingerprint density at radius 3 is 2.50 bits per heavy atom. The molecule has 1 aliphatic heterocycles. The van der Waals surface area contributed by atoms with Crippen molar-refractivity contribution >= 4 is 11.6 Å². The number of aryl methyl sites for hydroxylation is 1. The van der Waals surface area contributed by atoms with Crippen LogP contribution in [-0.2, 0) is 0 Å². The molecule has 24 heavy (non-hydrogen) atoms. The van der Waals surface area contributed by atoms with E-state index in [2.05, 4.69) is 11.0 Å². The number of rotatable bonds is 3. The summed E-state index contributed by atoms with van der Waals surface area (Å²) in [5.74, 6) is 0.942. The molecule has 3 rings (SSSR count). The predicted molar refractivity (Wildman–Crippen MR) is 94.3 cm³/mol. The molecule has 5 heteroatoms. The van der Waals surface area contributed by atoms with Crippen LogP contribution in [0.4, 0.5) is 5.82 Å². The van der Waals surface area contributed by atoms with Gasteiger partial charge in [0.25, 0.3) is 0 Å². The number of carbonyl (C=O) groups is 1. The van der Waals surface area contributed by atoms with Crippen molar-refractivity contribution in [1.29, 1.82) is 0 Å². The first-order valence-corrected chi connectivity index (χ1v) is 8.28. The number of Topliss-reactive ketones (excluding diaryl/α,β-unsaturated/α-hetero) is 1. The molecule has 0 saturated carbocycles. The molecule has 1 saturated heterocycles. The zero-order valence-corrected chi connectivity index (χ0v) is 14.5. The van der Waals surface area contributed by atoms with E-state index in [0.29, 0.717) is 18.7 Å². The molecule has 1 aromatic carbocycles. The Kier molecular flexibility index (Phi) is 4.39. The Balaban J connectivity index is 1.98. The van der Waals surface area contributed by atoms with Crippen molar-refractivity contribution in [2.75, 3.05) is 38.1 Å². The number of hydrogen-bond donors (Lipinski definition) is 1. The number of carbonyl (C=O) groups excluding carboxylic acids is 1. The monoisotopic (exact) mass is 326 g/mol. The van der Waals surface area contributed by atoms with Gasteiger partial charge in [-0.25, -0.2) is 10.2 Å². The molecule has 126 valence electrons. The van der Waals surface area contributed by atoms with Gasteiger partial charge in [0.05, 0.1) is 25.8 Å². The highest BCUT2D eigenvalue weighted by atomic mass is 16.5. The van der Waals surface area contributed by atoms with E-state index < -0.39 is 0 Å². The minimum Gasteiger partial charge on any atom is -0.345 e. The minimum atomic E-state index is 0.0449. The molecule has 1 aromatic heterocycles. The van der Waals surface area contributed by atoms with Crippen molar-refractivity contribution in [3.8, 4) is 11.3 Å². The normalized spacial score (nSPS) is 16.9. The first kappa shape index (κ1) is 16.6. The smallest absolute Gasteiger partial charge is 0.160 e. The fourth-order valence-electron chi connectivity index (χ4n) is 3.09. The summed E-state index contributed by atoms with van der Waals surface area (Å²) in [6.07, 6.45) is 0. The second-order valence-electron chi connectivity index (χ2n) is 6.71. The molecule has 1 N–H and O–H groups in total. The molecular formula is C19H24N3O2+. The molecule has 0 atom stereocenters. The molecule has 0 amide bonds. The van der Waals surface area contributed by atoms with Crippen LogP contribution in [0, 0.1) is 6.92 Å². The number of anilines is 1. The van der Waals surface area contributed by atoms with E-state index in [0.717, 1.165) is 35.7 Å². The maximum atomic E-state index is 11.9. The van der Waals surface area contributed by atoms with E-state index in [9.17, 15) is 10.0 Å². The van der Waals surface area contributed by atoms with Crippen molar-refractivity contribution < 1.29 is 14.6 Å². The Morgan fingerprint density at radius 1 is 1.17 bits per heavy atom. The zero-order chi connectivity index (χ0) is 17.3. The number of piperazine rings is 1. The van der Waals surface area contributed by atoms with Crippen molar-refractivity contribution in [2.24, 2.45) is 0 Å². The van der Waals surface area contributed by atoms with Crippen molar-refractivity contribution in [1.82, 2.24) is 4.98 Å². The van der Waals surface area contributed by atoms with Crippen LogP contribution in [0.2, 0.25) is 0 Å². The Labute approximate surface area is 142 Å². The number of likely N-dealkylation sites (N-methyl/N-ethyl adjacent to an activating group) is 1. The number of ketones is 1. The van der Waals surface area contributed by atoms with E-state index in [4.69, 9.17) is 4.98 Å². The van der Waals surface area contributed by atoms with Gasteiger partial charge >= 0.3 is 0 Å². The van der Waals surface area contributed by atoms with Gasteiger partial charge in [0, 0.05) is 11.1 Å². The van der Waals surface area contributed by atoms with Gasteiger partial charge in [-0.3, -0.25) is 4.79 Å². The fraction of sp³-hybridized carbons (Fsp3) is 0.368. The predicted octanol–water partition coefficient (Wildman–Crippen LogP) is 2.92. The van der Waals surface area contributed by atoms with Crippen LogP contribution < -0.4 is 4.90 Å². The van der Waals surface area contributed by atoms with Crippen LogP contribution in [0.1, 0.15) is 22.8 Å². The van der Waals surface area contributed by atoms with Crippen molar-refractivity contribution in [3.05, 3.63) is 47.5 Å². The maximum absolute atomic E-state index is 11.9. The van der Waals surface area contributed by atoms with Crippen LogP contribution in [-0.4, -0.2) is 53.8 Å². The average Bonchev–Trinajstić information content (AvgIpc) is 2.55. The molecule has 0 radical (unpaired) electrons. The molecule has 2 heterocycles. The summed E-state index contributed by atoms with van der Waals surface area (Å²) >= 11 is 0. The van der Waals surface area contributed by atoms with Gasteiger partial charge in [-0.05, 0) is 25.5 Å². The van der Waals surface area contributed by atoms with E-state index in [1.165, 1.54) is 0 Å². The second kappa shape index (κ2) is 6.34. The van der Waals surface area contributed by atoms with Gasteiger partial charge in [-0.1, -0.05) is 30.3 Å². The number of hydrogen-bond acceptors (Lipinski definition) is 4. The first-order chi connectivity index (χ1) is 11.4. The molecule has 1 aliphatic rings. The van der Waals surface area contributed by atoms with Gasteiger partial charge in [0.1, 0.15) is 18.9 Å². The third-order valence-corrected chi connectivity index (χ3v) is 4.67. The molecule has 2 aromatic rings. The molecule has 0 aliphatic carbocycles. The maximum Gasteiger partial charge on any atom is 0.160 e. The summed E-state index contributed by atoms with van der Waals surface area (Å²) in [6.45, 7) is 6.47.